The van der Waals surface area contributed by atoms with Crippen molar-refractivity contribution in [1.82, 2.24) is 4.90 Å². The zero-order valence-corrected chi connectivity index (χ0v) is 13.8. The van der Waals surface area contributed by atoms with Gasteiger partial charge in [-0.25, -0.2) is 0 Å². The Morgan fingerprint density at radius 1 is 1.00 bits per heavy atom. The van der Waals surface area contributed by atoms with Gasteiger partial charge in [-0.1, -0.05) is 48.5 Å². The van der Waals surface area contributed by atoms with Crippen LogP contribution in [0.15, 0.2) is 60.0 Å². The van der Waals surface area contributed by atoms with E-state index in [-0.39, 0.29) is 5.92 Å². The van der Waals surface area contributed by atoms with E-state index in [1.807, 2.05) is 17.5 Å². The van der Waals surface area contributed by atoms with E-state index in [9.17, 15) is 5.11 Å². The highest BCUT2D eigenvalue weighted by molar-refractivity contribution is 7.10. The first-order valence-electron chi connectivity index (χ1n) is 7.50. The number of nitrogens with zero attached hydrogens (tertiary/aromatic N) is 1. The van der Waals surface area contributed by atoms with E-state index in [4.69, 9.17) is 0 Å². The maximum atomic E-state index is 10.8. The highest BCUT2D eigenvalue weighted by Crippen LogP contribution is 2.35. The third-order valence-corrected chi connectivity index (χ3v) is 4.92. The second kappa shape index (κ2) is 6.61. The number of fused-ring (bicyclic) bond motifs is 1. The Morgan fingerprint density at radius 3 is 2.45 bits per heavy atom. The van der Waals surface area contributed by atoms with E-state index in [2.05, 4.69) is 61.5 Å². The molecular formula is C19H21NOS. The molecule has 0 radical (unpaired) electrons. The summed E-state index contributed by atoms with van der Waals surface area (Å²) in [4.78, 5) is 3.16. The molecule has 0 saturated heterocycles. The molecule has 0 saturated carbocycles. The van der Waals surface area contributed by atoms with E-state index < -0.39 is 6.10 Å². The molecule has 2 unspecified atom stereocenters. The normalized spacial score (nSPS) is 14.4. The van der Waals surface area contributed by atoms with Crippen LogP contribution in [0.1, 0.15) is 22.5 Å². The van der Waals surface area contributed by atoms with E-state index in [1.54, 1.807) is 11.3 Å². The van der Waals surface area contributed by atoms with Crippen LogP contribution in [-0.2, 0) is 0 Å². The fraction of sp³-hybridized carbons (Fsp3) is 0.263. The maximum absolute atomic E-state index is 10.8. The van der Waals surface area contributed by atoms with Gasteiger partial charge in [0, 0.05) is 17.3 Å². The molecule has 2 aromatic carbocycles. The Labute approximate surface area is 135 Å². The minimum atomic E-state index is -0.469. The molecular weight excluding hydrogens is 290 g/mol. The highest BCUT2D eigenvalue weighted by Gasteiger charge is 2.24. The molecule has 3 heteroatoms. The molecule has 114 valence electrons. The van der Waals surface area contributed by atoms with Gasteiger partial charge in [0.1, 0.15) is 0 Å². The molecule has 3 aromatic rings. The number of thiophene rings is 1. The lowest BCUT2D eigenvalue weighted by Crippen LogP contribution is -2.24. The van der Waals surface area contributed by atoms with Gasteiger partial charge in [-0.3, -0.25) is 0 Å². The average molecular weight is 311 g/mol. The van der Waals surface area contributed by atoms with Crippen LogP contribution in [0.25, 0.3) is 10.8 Å². The van der Waals surface area contributed by atoms with Crippen molar-refractivity contribution in [3.05, 3.63) is 70.4 Å². The molecule has 22 heavy (non-hydrogen) atoms. The number of rotatable bonds is 5. The Kier molecular flexibility index (Phi) is 4.57. The Morgan fingerprint density at radius 2 is 1.77 bits per heavy atom. The van der Waals surface area contributed by atoms with Crippen LogP contribution >= 0.6 is 11.3 Å². The number of likely N-dealkylation sites (N-methyl/N-ethyl adjacent to an activating group) is 1. The lowest BCUT2D eigenvalue weighted by atomic mass is 9.90. The van der Waals surface area contributed by atoms with E-state index in [0.29, 0.717) is 0 Å². The van der Waals surface area contributed by atoms with Gasteiger partial charge < -0.3 is 10.0 Å². The van der Waals surface area contributed by atoms with Crippen LogP contribution in [0.3, 0.4) is 0 Å². The third-order valence-electron chi connectivity index (χ3n) is 3.98. The number of hydrogen-bond donors (Lipinski definition) is 1. The van der Waals surface area contributed by atoms with Gasteiger partial charge in [-0.2, -0.15) is 0 Å². The molecule has 0 amide bonds. The summed E-state index contributed by atoms with van der Waals surface area (Å²) in [7, 11) is 4.10. The van der Waals surface area contributed by atoms with Crippen LogP contribution in [0.4, 0.5) is 0 Å². The Bertz CT molecular complexity index is 736. The Balaban J connectivity index is 1.99. The summed E-state index contributed by atoms with van der Waals surface area (Å²) in [5, 5.41) is 15.3. The SMILES string of the molecule is CN(C)CC(c1ccc2ccccc2c1)C(O)c1cccs1. The second-order valence-corrected chi connectivity index (χ2v) is 6.91. The van der Waals surface area contributed by atoms with Gasteiger partial charge in [-0.05, 0) is 41.9 Å². The second-order valence-electron chi connectivity index (χ2n) is 5.94. The molecule has 0 aliphatic carbocycles. The molecule has 0 bridgehead atoms. The zero-order valence-electron chi connectivity index (χ0n) is 12.9. The molecule has 1 N–H and O–H groups in total. The summed E-state index contributed by atoms with van der Waals surface area (Å²) in [6.45, 7) is 0.817. The fourth-order valence-electron chi connectivity index (χ4n) is 2.88. The van der Waals surface area contributed by atoms with Gasteiger partial charge in [0.15, 0.2) is 0 Å². The minimum Gasteiger partial charge on any atom is -0.387 e. The van der Waals surface area contributed by atoms with Crippen molar-refractivity contribution in [3.8, 4) is 0 Å². The highest BCUT2D eigenvalue weighted by atomic mass is 32.1. The van der Waals surface area contributed by atoms with E-state index in [0.717, 1.165) is 11.4 Å². The predicted octanol–water partition coefficient (Wildman–Crippen LogP) is 4.28. The molecule has 0 aliphatic rings. The number of aliphatic hydroxyl groups is 1. The van der Waals surface area contributed by atoms with Gasteiger partial charge in [-0.15, -0.1) is 11.3 Å². The van der Waals surface area contributed by atoms with Gasteiger partial charge in [0.2, 0.25) is 0 Å². The quantitative estimate of drug-likeness (QED) is 0.760. The first-order chi connectivity index (χ1) is 10.6. The molecule has 2 atom stereocenters. The topological polar surface area (TPSA) is 23.5 Å². The number of aliphatic hydroxyl groups excluding tert-OH is 1. The number of benzene rings is 2. The molecule has 1 aromatic heterocycles. The van der Waals surface area contributed by atoms with E-state index >= 15 is 0 Å². The summed E-state index contributed by atoms with van der Waals surface area (Å²) >= 11 is 1.62. The molecule has 2 nitrogen and oxygen atoms in total. The van der Waals surface area contributed by atoms with Crippen molar-refractivity contribution in [2.75, 3.05) is 20.6 Å². The molecule has 3 rings (SSSR count). The summed E-state index contributed by atoms with van der Waals surface area (Å²) < 4.78 is 0. The van der Waals surface area contributed by atoms with Gasteiger partial charge in [0.25, 0.3) is 0 Å². The monoisotopic (exact) mass is 311 g/mol. The zero-order chi connectivity index (χ0) is 15.5. The van der Waals surface area contributed by atoms with Crippen LogP contribution < -0.4 is 0 Å². The first-order valence-corrected chi connectivity index (χ1v) is 8.38. The summed E-state index contributed by atoms with van der Waals surface area (Å²) in [5.74, 6) is 0.0678. The van der Waals surface area contributed by atoms with Crippen molar-refractivity contribution < 1.29 is 5.11 Å². The lowest BCUT2D eigenvalue weighted by Gasteiger charge is -2.26. The van der Waals surface area contributed by atoms with Crippen LogP contribution in [0, 0.1) is 0 Å². The molecule has 0 fully saturated rings. The largest absolute Gasteiger partial charge is 0.387 e. The first kappa shape index (κ1) is 15.2. The standard InChI is InChI=1S/C19H21NOS/c1-20(2)13-17(19(21)18-8-5-11-22-18)16-10-9-14-6-3-4-7-15(14)12-16/h3-12,17,19,21H,13H2,1-2H3. The predicted molar refractivity (Wildman–Crippen MR) is 94.5 cm³/mol. The molecule has 0 spiro atoms. The van der Waals surface area contributed by atoms with Crippen LogP contribution in [0.2, 0.25) is 0 Å². The smallest absolute Gasteiger partial charge is 0.0962 e. The van der Waals surface area contributed by atoms with Crippen molar-refractivity contribution in [2.24, 2.45) is 0 Å². The van der Waals surface area contributed by atoms with Crippen LogP contribution in [-0.4, -0.2) is 30.6 Å². The lowest BCUT2D eigenvalue weighted by molar-refractivity contribution is 0.132. The van der Waals surface area contributed by atoms with Gasteiger partial charge >= 0.3 is 0 Å². The van der Waals surface area contributed by atoms with Crippen LogP contribution in [0.5, 0.6) is 0 Å². The van der Waals surface area contributed by atoms with Crippen molar-refractivity contribution >= 4 is 22.1 Å². The Hall–Kier alpha value is -1.68. The summed E-state index contributed by atoms with van der Waals surface area (Å²) in [6, 6.07) is 18.9. The molecule has 1 heterocycles. The average Bonchev–Trinajstić information content (AvgIpc) is 3.06. The van der Waals surface area contributed by atoms with Crippen molar-refractivity contribution in [1.29, 1.82) is 0 Å². The maximum Gasteiger partial charge on any atom is 0.0962 e. The van der Waals surface area contributed by atoms with E-state index in [1.165, 1.54) is 16.3 Å². The fourth-order valence-corrected chi connectivity index (χ4v) is 3.65. The molecule has 0 aliphatic heterocycles. The van der Waals surface area contributed by atoms with Gasteiger partial charge in [0.05, 0.1) is 6.10 Å². The van der Waals surface area contributed by atoms with Crippen molar-refractivity contribution in [2.45, 2.75) is 12.0 Å². The number of hydrogen-bond acceptors (Lipinski definition) is 3. The summed E-state index contributed by atoms with van der Waals surface area (Å²) in [5.41, 5.74) is 1.19. The summed E-state index contributed by atoms with van der Waals surface area (Å²) in [6.07, 6.45) is -0.469. The van der Waals surface area contributed by atoms with Crippen molar-refractivity contribution in [3.63, 3.8) is 0 Å². The third kappa shape index (κ3) is 3.22. The minimum absolute atomic E-state index is 0.0678.